The lowest BCUT2D eigenvalue weighted by molar-refractivity contribution is -0.139. The Hall–Kier alpha value is -2.56. The maximum Gasteiger partial charge on any atom is 0.416 e. The lowest BCUT2D eigenvalue weighted by Crippen LogP contribution is -2.40. The van der Waals surface area contributed by atoms with Crippen molar-refractivity contribution in [2.45, 2.75) is 31.5 Å². The van der Waals surface area contributed by atoms with Crippen molar-refractivity contribution in [3.8, 4) is 6.07 Å². The van der Waals surface area contributed by atoms with Gasteiger partial charge in [0, 0.05) is 12.0 Å². The number of amides is 1. The monoisotopic (exact) mass is 314 g/mol. The summed E-state index contributed by atoms with van der Waals surface area (Å²) in [5.41, 5.74) is -0.965. The molecule has 2 N–H and O–H groups in total. The molecule has 0 aliphatic heterocycles. The number of alkyl halides is 3. The summed E-state index contributed by atoms with van der Waals surface area (Å²) >= 11 is 0. The van der Waals surface area contributed by atoms with Gasteiger partial charge in [-0.2, -0.15) is 18.4 Å². The van der Waals surface area contributed by atoms with Gasteiger partial charge in [-0.05, 0) is 37.1 Å². The van der Waals surface area contributed by atoms with Crippen LogP contribution in [0.1, 0.15) is 35.2 Å². The lowest BCUT2D eigenvalue weighted by atomic mass is 10.1. The van der Waals surface area contributed by atoms with Gasteiger partial charge in [0.2, 0.25) is 0 Å². The molecule has 5 nitrogen and oxygen atoms in total. The minimum Gasteiger partial charge on any atom is -0.480 e. The fourth-order valence-electron chi connectivity index (χ4n) is 1.69. The first kappa shape index (κ1) is 17.5. The average Bonchev–Trinajstić information content (AvgIpc) is 2.45. The number of halogens is 3. The first-order valence-electron chi connectivity index (χ1n) is 6.33. The second-order valence-electron chi connectivity index (χ2n) is 4.49. The van der Waals surface area contributed by atoms with Crippen molar-refractivity contribution >= 4 is 11.9 Å². The van der Waals surface area contributed by atoms with Gasteiger partial charge < -0.3 is 10.4 Å². The topological polar surface area (TPSA) is 90.2 Å². The third-order valence-electron chi connectivity index (χ3n) is 2.86. The van der Waals surface area contributed by atoms with Gasteiger partial charge in [-0.1, -0.05) is 0 Å². The summed E-state index contributed by atoms with van der Waals surface area (Å²) in [6, 6.07) is 4.12. The predicted molar refractivity (Wildman–Crippen MR) is 69.8 cm³/mol. The summed E-state index contributed by atoms with van der Waals surface area (Å²) in [7, 11) is 0. The molecule has 1 aromatic carbocycles. The van der Waals surface area contributed by atoms with Gasteiger partial charge in [0.15, 0.2) is 0 Å². The number of carbonyl (C=O) groups is 2. The van der Waals surface area contributed by atoms with E-state index in [9.17, 15) is 22.8 Å². The SMILES string of the molecule is N#CCCC[C@H](NC(=O)c1ccc(C(F)(F)F)cc1)C(=O)O. The number of carboxylic acids is 1. The van der Waals surface area contributed by atoms with E-state index in [2.05, 4.69) is 5.32 Å². The van der Waals surface area contributed by atoms with Crippen LogP contribution >= 0.6 is 0 Å². The van der Waals surface area contributed by atoms with Crippen LogP contribution < -0.4 is 5.32 Å². The minimum atomic E-state index is -4.50. The molecule has 0 radical (unpaired) electrons. The van der Waals surface area contributed by atoms with Crippen molar-refractivity contribution in [3.05, 3.63) is 35.4 Å². The number of aliphatic carboxylic acids is 1. The molecule has 0 saturated carbocycles. The molecule has 22 heavy (non-hydrogen) atoms. The first-order chi connectivity index (χ1) is 10.3. The van der Waals surface area contributed by atoms with Crippen molar-refractivity contribution in [1.29, 1.82) is 5.26 Å². The van der Waals surface area contributed by atoms with Crippen LogP contribution in [-0.4, -0.2) is 23.0 Å². The van der Waals surface area contributed by atoms with Gasteiger partial charge in [0.05, 0.1) is 11.6 Å². The molecule has 0 unspecified atom stereocenters. The molecule has 0 aliphatic rings. The van der Waals surface area contributed by atoms with Crippen molar-refractivity contribution in [2.24, 2.45) is 0 Å². The Kier molecular flexibility index (Phi) is 5.92. The van der Waals surface area contributed by atoms with Crippen molar-refractivity contribution < 1.29 is 27.9 Å². The fraction of sp³-hybridized carbons (Fsp3) is 0.357. The van der Waals surface area contributed by atoms with Crippen LogP contribution in [0.25, 0.3) is 0 Å². The molecule has 0 spiro atoms. The van der Waals surface area contributed by atoms with Crippen LogP contribution in [0.4, 0.5) is 13.2 Å². The van der Waals surface area contributed by atoms with Crippen LogP contribution in [0.15, 0.2) is 24.3 Å². The number of carbonyl (C=O) groups excluding carboxylic acids is 1. The van der Waals surface area contributed by atoms with E-state index in [1.165, 1.54) is 0 Å². The Labute approximate surface area is 124 Å². The zero-order chi connectivity index (χ0) is 16.8. The standard InChI is InChI=1S/C14H13F3N2O3/c15-14(16,17)10-6-4-9(5-7-10)12(20)19-11(13(21)22)3-1-2-8-18/h4-7,11H,1-3H2,(H,19,20)(H,21,22)/t11-/m0/s1. The second kappa shape index (κ2) is 7.45. The quantitative estimate of drug-likeness (QED) is 0.790. The molecular weight excluding hydrogens is 301 g/mol. The Morgan fingerprint density at radius 3 is 2.32 bits per heavy atom. The van der Waals surface area contributed by atoms with E-state index in [0.717, 1.165) is 24.3 Å². The van der Waals surface area contributed by atoms with Crippen molar-refractivity contribution in [3.63, 3.8) is 0 Å². The first-order valence-corrected chi connectivity index (χ1v) is 6.33. The van der Waals surface area contributed by atoms with E-state index in [0.29, 0.717) is 6.42 Å². The van der Waals surface area contributed by atoms with E-state index < -0.39 is 29.7 Å². The van der Waals surface area contributed by atoms with Crippen LogP contribution in [-0.2, 0) is 11.0 Å². The molecule has 0 fully saturated rings. The summed E-state index contributed by atoms with van der Waals surface area (Å²) < 4.78 is 37.2. The molecule has 1 atom stereocenters. The molecule has 118 valence electrons. The number of rotatable bonds is 6. The lowest BCUT2D eigenvalue weighted by Gasteiger charge is -2.14. The highest BCUT2D eigenvalue weighted by Gasteiger charge is 2.30. The summed E-state index contributed by atoms with van der Waals surface area (Å²) in [5.74, 6) is -2.05. The van der Waals surface area contributed by atoms with Gasteiger partial charge >= 0.3 is 12.1 Å². The number of nitrogens with zero attached hydrogens (tertiary/aromatic N) is 1. The molecule has 8 heteroatoms. The summed E-state index contributed by atoms with van der Waals surface area (Å²) in [6.45, 7) is 0. The van der Waals surface area contributed by atoms with Crippen LogP contribution in [0.3, 0.4) is 0 Å². The molecule has 1 aromatic rings. The smallest absolute Gasteiger partial charge is 0.416 e. The molecule has 0 aliphatic carbocycles. The average molecular weight is 314 g/mol. The maximum absolute atomic E-state index is 12.4. The van der Waals surface area contributed by atoms with Crippen LogP contribution in [0, 0.1) is 11.3 Å². The number of hydrogen-bond acceptors (Lipinski definition) is 3. The highest BCUT2D eigenvalue weighted by molar-refractivity contribution is 5.96. The molecule has 1 amide bonds. The van der Waals surface area contributed by atoms with Gasteiger partial charge in [0.25, 0.3) is 5.91 Å². The second-order valence-corrected chi connectivity index (χ2v) is 4.49. The van der Waals surface area contributed by atoms with E-state index in [-0.39, 0.29) is 18.4 Å². The number of unbranched alkanes of at least 4 members (excludes halogenated alkanes) is 1. The summed E-state index contributed by atoms with van der Waals surface area (Å²) in [4.78, 5) is 22.8. The van der Waals surface area contributed by atoms with E-state index >= 15 is 0 Å². The number of nitriles is 1. The van der Waals surface area contributed by atoms with Gasteiger partial charge in [-0.25, -0.2) is 4.79 Å². The van der Waals surface area contributed by atoms with Gasteiger partial charge in [-0.15, -0.1) is 0 Å². The highest BCUT2D eigenvalue weighted by atomic mass is 19.4. The zero-order valence-corrected chi connectivity index (χ0v) is 11.4. The van der Waals surface area contributed by atoms with Gasteiger partial charge in [-0.3, -0.25) is 4.79 Å². The molecule has 0 heterocycles. The Morgan fingerprint density at radius 2 is 1.86 bits per heavy atom. The number of benzene rings is 1. The molecule has 0 saturated heterocycles. The minimum absolute atomic E-state index is 0.0648. The third kappa shape index (κ3) is 5.09. The van der Waals surface area contributed by atoms with E-state index in [1.807, 2.05) is 6.07 Å². The molecule has 1 rings (SSSR count). The highest BCUT2D eigenvalue weighted by Crippen LogP contribution is 2.29. The normalized spacial score (nSPS) is 12.3. The van der Waals surface area contributed by atoms with Crippen LogP contribution in [0.5, 0.6) is 0 Å². The van der Waals surface area contributed by atoms with E-state index in [4.69, 9.17) is 10.4 Å². The molecular formula is C14H13F3N2O3. The number of carboxylic acid groups (broad SMARTS) is 1. The molecule has 0 aromatic heterocycles. The fourth-order valence-corrected chi connectivity index (χ4v) is 1.69. The maximum atomic E-state index is 12.4. The van der Waals surface area contributed by atoms with Crippen LogP contribution in [0.2, 0.25) is 0 Å². The van der Waals surface area contributed by atoms with Crippen molar-refractivity contribution in [2.75, 3.05) is 0 Å². The molecule has 0 bridgehead atoms. The Bertz CT molecular complexity index is 576. The predicted octanol–water partition coefficient (Wildman–Crippen LogP) is 2.58. The number of nitrogens with one attached hydrogen (secondary N) is 1. The zero-order valence-electron chi connectivity index (χ0n) is 11.4. The summed E-state index contributed by atoms with van der Waals surface area (Å²) in [5, 5.41) is 19.6. The van der Waals surface area contributed by atoms with Gasteiger partial charge in [0.1, 0.15) is 6.04 Å². The van der Waals surface area contributed by atoms with Crippen molar-refractivity contribution in [1.82, 2.24) is 5.32 Å². The summed E-state index contributed by atoms with van der Waals surface area (Å²) in [6.07, 6.45) is -3.99. The Morgan fingerprint density at radius 1 is 1.27 bits per heavy atom. The number of hydrogen-bond donors (Lipinski definition) is 2. The largest absolute Gasteiger partial charge is 0.480 e. The third-order valence-corrected chi connectivity index (χ3v) is 2.86. The van der Waals surface area contributed by atoms with E-state index in [1.54, 1.807) is 0 Å². The Balaban J connectivity index is 2.74.